The van der Waals surface area contributed by atoms with Crippen LogP contribution in [0.5, 0.6) is 5.75 Å². The Hall–Kier alpha value is -2.06. The summed E-state index contributed by atoms with van der Waals surface area (Å²) >= 11 is 0. The summed E-state index contributed by atoms with van der Waals surface area (Å²) in [6, 6.07) is 7.10. The van der Waals surface area contributed by atoms with E-state index in [-0.39, 0.29) is 5.91 Å². The van der Waals surface area contributed by atoms with Crippen molar-refractivity contribution in [1.29, 1.82) is 5.26 Å². The molecule has 0 bridgehead atoms. The lowest BCUT2D eigenvalue weighted by atomic mass is 10.0. The first-order chi connectivity index (χ1) is 10.0. The summed E-state index contributed by atoms with van der Waals surface area (Å²) in [6.45, 7) is 6.16. The maximum absolute atomic E-state index is 12.2. The zero-order valence-electron chi connectivity index (χ0n) is 13.0. The van der Waals surface area contributed by atoms with E-state index in [2.05, 4.69) is 11.4 Å². The first kappa shape index (κ1) is 17.0. The number of carbonyl (C=O) groups excluding carboxylic acids is 1. The summed E-state index contributed by atoms with van der Waals surface area (Å²) in [7, 11) is 1.51. The second kappa shape index (κ2) is 7.65. The van der Waals surface area contributed by atoms with Gasteiger partial charge in [0.25, 0.3) is 5.91 Å². The molecule has 0 radical (unpaired) electrons. The molecule has 1 unspecified atom stereocenters. The highest BCUT2D eigenvalue weighted by atomic mass is 16.5. The number of nitrogens with one attached hydrogen (secondary N) is 1. The Balaban J connectivity index is 2.91. The van der Waals surface area contributed by atoms with Gasteiger partial charge in [-0.3, -0.25) is 4.79 Å². The van der Waals surface area contributed by atoms with Gasteiger partial charge in [0.1, 0.15) is 17.4 Å². The predicted octanol–water partition coefficient (Wildman–Crippen LogP) is 3.10. The zero-order valence-corrected chi connectivity index (χ0v) is 13.0. The fraction of sp³-hybridized carbons (Fsp3) is 0.500. The molecule has 0 saturated carbocycles. The Morgan fingerprint density at radius 3 is 2.67 bits per heavy atom. The van der Waals surface area contributed by atoms with Crippen LogP contribution >= 0.6 is 0 Å². The number of nitrogens with zero attached hydrogens (tertiary/aromatic N) is 1. The molecular weight excluding hydrogens is 268 g/mol. The first-order valence-corrected chi connectivity index (χ1v) is 7.04. The normalized spacial score (nSPS) is 13.1. The van der Waals surface area contributed by atoms with E-state index < -0.39 is 5.60 Å². The molecule has 1 aromatic carbocycles. The largest absolute Gasteiger partial charge is 0.492 e. The third-order valence-corrected chi connectivity index (χ3v) is 3.43. The Bertz CT molecular complexity index is 531. The van der Waals surface area contributed by atoms with E-state index in [1.165, 1.54) is 7.11 Å². The van der Waals surface area contributed by atoms with Gasteiger partial charge >= 0.3 is 0 Å². The van der Waals surface area contributed by atoms with Crippen molar-refractivity contribution in [3.8, 4) is 11.8 Å². The van der Waals surface area contributed by atoms with Gasteiger partial charge in [-0.05, 0) is 38.0 Å². The maximum atomic E-state index is 12.2. The van der Waals surface area contributed by atoms with Crippen molar-refractivity contribution in [2.45, 2.75) is 39.2 Å². The number of anilines is 1. The number of ether oxygens (including phenoxy) is 2. The smallest absolute Gasteiger partial charge is 0.256 e. The predicted molar refractivity (Wildman–Crippen MR) is 81.3 cm³/mol. The van der Waals surface area contributed by atoms with Gasteiger partial charge in [-0.1, -0.05) is 13.8 Å². The zero-order chi connectivity index (χ0) is 15.9. The molecule has 5 heteroatoms. The third-order valence-electron chi connectivity index (χ3n) is 3.43. The number of hydrogen-bond donors (Lipinski definition) is 1. The van der Waals surface area contributed by atoms with Crippen molar-refractivity contribution in [2.24, 2.45) is 0 Å². The van der Waals surface area contributed by atoms with E-state index in [9.17, 15) is 4.79 Å². The number of benzene rings is 1. The fourth-order valence-electron chi connectivity index (χ4n) is 1.69. The summed E-state index contributed by atoms with van der Waals surface area (Å²) in [5, 5.41) is 11.9. The maximum Gasteiger partial charge on any atom is 0.256 e. The molecular formula is C16H22N2O3. The summed E-state index contributed by atoms with van der Waals surface area (Å²) in [6.07, 6.45) is 1.42. The molecule has 1 aromatic rings. The molecule has 1 atom stereocenters. The van der Waals surface area contributed by atoms with Gasteiger partial charge in [-0.15, -0.1) is 0 Å². The molecule has 1 amide bonds. The van der Waals surface area contributed by atoms with Gasteiger partial charge in [-0.25, -0.2) is 0 Å². The highest BCUT2D eigenvalue weighted by molar-refractivity contribution is 5.97. The molecule has 0 aliphatic carbocycles. The molecule has 0 spiro atoms. The monoisotopic (exact) mass is 290 g/mol. The molecule has 5 nitrogen and oxygen atoms in total. The number of nitriles is 1. The number of hydrogen-bond acceptors (Lipinski definition) is 4. The van der Waals surface area contributed by atoms with Crippen molar-refractivity contribution in [3.63, 3.8) is 0 Å². The number of methoxy groups -OCH3 is 1. The molecule has 1 N–H and O–H groups in total. The summed E-state index contributed by atoms with van der Waals surface area (Å²) in [5.41, 5.74) is 0.0680. The van der Waals surface area contributed by atoms with Gasteiger partial charge < -0.3 is 14.8 Å². The van der Waals surface area contributed by atoms with Crippen LogP contribution in [0.1, 0.15) is 39.2 Å². The molecule has 0 saturated heterocycles. The van der Waals surface area contributed by atoms with Gasteiger partial charge in [0.2, 0.25) is 0 Å². The molecule has 0 heterocycles. The van der Waals surface area contributed by atoms with Crippen LogP contribution in [0, 0.1) is 11.3 Å². The van der Waals surface area contributed by atoms with Crippen LogP contribution in [0.2, 0.25) is 0 Å². The molecule has 0 aliphatic rings. The lowest BCUT2D eigenvalue weighted by Crippen LogP contribution is -2.41. The lowest BCUT2D eigenvalue weighted by molar-refractivity contribution is -0.136. The van der Waals surface area contributed by atoms with E-state index in [0.29, 0.717) is 30.0 Å². The minimum Gasteiger partial charge on any atom is -0.492 e. The van der Waals surface area contributed by atoms with Gasteiger partial charge in [0.05, 0.1) is 12.2 Å². The Kier molecular flexibility index (Phi) is 6.19. The second-order valence-corrected chi connectivity index (χ2v) is 4.91. The summed E-state index contributed by atoms with van der Waals surface area (Å²) in [5.74, 6) is 0.293. The van der Waals surface area contributed by atoms with E-state index in [1.807, 2.05) is 13.8 Å². The molecule has 114 valence electrons. The van der Waals surface area contributed by atoms with Crippen molar-refractivity contribution < 1.29 is 14.3 Å². The highest BCUT2D eigenvalue weighted by Gasteiger charge is 2.31. The standard InChI is InChI=1S/C16H22N2O3/c1-5-9-21-14-8-7-13(10-12(14)11-17)18-15(19)16(3,6-2)20-4/h7-8,10H,5-6,9H2,1-4H3,(H,18,19). The van der Waals surface area contributed by atoms with E-state index in [4.69, 9.17) is 14.7 Å². The summed E-state index contributed by atoms with van der Waals surface area (Å²) in [4.78, 5) is 12.2. The van der Waals surface area contributed by atoms with Crippen LogP contribution in [0.4, 0.5) is 5.69 Å². The van der Waals surface area contributed by atoms with Crippen LogP contribution in [0.3, 0.4) is 0 Å². The quantitative estimate of drug-likeness (QED) is 0.837. The van der Waals surface area contributed by atoms with Crippen LogP contribution in [-0.4, -0.2) is 25.2 Å². The van der Waals surface area contributed by atoms with Gasteiger partial charge in [-0.2, -0.15) is 5.26 Å². The second-order valence-electron chi connectivity index (χ2n) is 4.91. The van der Waals surface area contributed by atoms with Crippen molar-refractivity contribution in [2.75, 3.05) is 19.0 Å². The molecule has 1 rings (SSSR count). The average molecular weight is 290 g/mol. The highest BCUT2D eigenvalue weighted by Crippen LogP contribution is 2.24. The van der Waals surface area contributed by atoms with Crippen LogP contribution in [-0.2, 0) is 9.53 Å². The number of carbonyl (C=O) groups is 1. The Morgan fingerprint density at radius 2 is 2.14 bits per heavy atom. The molecule has 0 aliphatic heterocycles. The minimum atomic E-state index is -0.885. The fourth-order valence-corrected chi connectivity index (χ4v) is 1.69. The number of amides is 1. The molecule has 21 heavy (non-hydrogen) atoms. The first-order valence-electron chi connectivity index (χ1n) is 7.04. The third kappa shape index (κ3) is 4.20. The van der Waals surface area contributed by atoms with Gasteiger partial charge in [0, 0.05) is 12.8 Å². The Labute approximate surface area is 125 Å². The van der Waals surface area contributed by atoms with E-state index in [0.717, 1.165) is 6.42 Å². The van der Waals surface area contributed by atoms with Crippen LogP contribution in [0.15, 0.2) is 18.2 Å². The van der Waals surface area contributed by atoms with Crippen LogP contribution in [0.25, 0.3) is 0 Å². The van der Waals surface area contributed by atoms with Crippen LogP contribution < -0.4 is 10.1 Å². The van der Waals surface area contributed by atoms with Crippen molar-refractivity contribution in [3.05, 3.63) is 23.8 Å². The Morgan fingerprint density at radius 1 is 1.43 bits per heavy atom. The van der Waals surface area contributed by atoms with E-state index >= 15 is 0 Å². The summed E-state index contributed by atoms with van der Waals surface area (Å²) < 4.78 is 10.7. The minimum absolute atomic E-state index is 0.237. The molecule has 0 fully saturated rings. The SMILES string of the molecule is CCCOc1ccc(NC(=O)C(C)(CC)OC)cc1C#N. The van der Waals surface area contributed by atoms with E-state index in [1.54, 1.807) is 25.1 Å². The van der Waals surface area contributed by atoms with Gasteiger partial charge in [0.15, 0.2) is 0 Å². The van der Waals surface area contributed by atoms with Crippen molar-refractivity contribution >= 4 is 11.6 Å². The topological polar surface area (TPSA) is 71.3 Å². The molecule has 0 aromatic heterocycles. The lowest BCUT2D eigenvalue weighted by Gasteiger charge is -2.25. The number of rotatable bonds is 7. The van der Waals surface area contributed by atoms with Crippen molar-refractivity contribution in [1.82, 2.24) is 0 Å². The average Bonchev–Trinajstić information content (AvgIpc) is 2.52.